The summed E-state index contributed by atoms with van der Waals surface area (Å²) < 4.78 is 11.7. The van der Waals surface area contributed by atoms with Gasteiger partial charge in [-0.25, -0.2) is 4.98 Å². The Morgan fingerprint density at radius 2 is 2.11 bits per heavy atom. The molecular weight excluding hydrogens is 310 g/mol. The van der Waals surface area contributed by atoms with E-state index in [1.54, 1.807) is 38.4 Å². The van der Waals surface area contributed by atoms with Crippen molar-refractivity contribution in [2.24, 2.45) is 0 Å². The topological polar surface area (TPSA) is 51.6 Å². The number of methoxy groups -OCH3 is 1. The molecule has 2 heterocycles. The molecule has 1 aromatic heterocycles. The molecule has 1 aliphatic heterocycles. The summed E-state index contributed by atoms with van der Waals surface area (Å²) in [6, 6.07) is 7.15. The zero-order chi connectivity index (χ0) is 13.6. The van der Waals surface area contributed by atoms with E-state index in [0.717, 1.165) is 4.47 Å². The molecule has 3 rings (SSSR count). The number of ether oxygens (including phenoxy) is 2. The maximum absolute atomic E-state index is 10.8. The van der Waals surface area contributed by atoms with Crippen molar-refractivity contribution < 1.29 is 14.6 Å². The Labute approximate surface area is 119 Å². The second-order valence-electron chi connectivity index (χ2n) is 4.54. The van der Waals surface area contributed by atoms with Gasteiger partial charge in [-0.3, -0.25) is 0 Å². The number of aliphatic hydroxyl groups is 1. The Morgan fingerprint density at radius 3 is 2.84 bits per heavy atom. The van der Waals surface area contributed by atoms with Crippen molar-refractivity contribution in [3.8, 4) is 17.4 Å². The van der Waals surface area contributed by atoms with Gasteiger partial charge in [0.1, 0.15) is 17.1 Å². The highest BCUT2D eigenvalue weighted by molar-refractivity contribution is 9.10. The van der Waals surface area contributed by atoms with Gasteiger partial charge in [0.15, 0.2) is 0 Å². The number of rotatable bonds is 1. The normalized spacial score (nSPS) is 20.2. The molecular formula is C14H12BrNO3. The molecule has 5 heteroatoms. The summed E-state index contributed by atoms with van der Waals surface area (Å²) >= 11 is 3.36. The number of benzene rings is 1. The molecule has 98 valence electrons. The summed E-state index contributed by atoms with van der Waals surface area (Å²) in [6.45, 7) is 1.72. The van der Waals surface area contributed by atoms with E-state index in [4.69, 9.17) is 9.47 Å². The molecule has 0 radical (unpaired) electrons. The van der Waals surface area contributed by atoms with Crippen LogP contribution >= 0.6 is 15.9 Å². The van der Waals surface area contributed by atoms with Crippen LogP contribution in [0.1, 0.15) is 18.1 Å². The van der Waals surface area contributed by atoms with Crippen LogP contribution in [0.25, 0.3) is 0 Å². The van der Waals surface area contributed by atoms with Crippen LogP contribution in [0.4, 0.5) is 0 Å². The van der Waals surface area contributed by atoms with E-state index in [9.17, 15) is 5.11 Å². The van der Waals surface area contributed by atoms with Crippen LogP contribution in [0, 0.1) is 0 Å². The van der Waals surface area contributed by atoms with Crippen molar-refractivity contribution >= 4 is 15.9 Å². The largest absolute Gasteiger partial charge is 0.497 e. The van der Waals surface area contributed by atoms with Crippen molar-refractivity contribution in [2.45, 2.75) is 12.5 Å². The molecule has 1 aliphatic rings. The van der Waals surface area contributed by atoms with Crippen LogP contribution in [-0.4, -0.2) is 17.2 Å². The maximum atomic E-state index is 10.8. The zero-order valence-electron chi connectivity index (χ0n) is 10.5. The Morgan fingerprint density at radius 1 is 1.32 bits per heavy atom. The van der Waals surface area contributed by atoms with Gasteiger partial charge < -0.3 is 14.6 Å². The zero-order valence-corrected chi connectivity index (χ0v) is 12.1. The van der Waals surface area contributed by atoms with Gasteiger partial charge in [-0.2, -0.15) is 0 Å². The molecule has 0 saturated heterocycles. The summed E-state index contributed by atoms with van der Waals surface area (Å²) in [5.41, 5.74) is 0.121. The summed E-state index contributed by atoms with van der Waals surface area (Å²) in [6.07, 6.45) is 1.64. The lowest BCUT2D eigenvalue weighted by Gasteiger charge is -2.32. The van der Waals surface area contributed by atoms with E-state index < -0.39 is 5.60 Å². The predicted molar refractivity (Wildman–Crippen MR) is 73.7 cm³/mol. The second kappa shape index (κ2) is 4.21. The number of fused-ring (bicyclic) bond motifs is 2. The molecule has 0 fully saturated rings. The van der Waals surface area contributed by atoms with Crippen LogP contribution in [0.2, 0.25) is 0 Å². The molecule has 1 atom stereocenters. The molecule has 1 N–H and O–H groups in total. The molecule has 0 bridgehead atoms. The molecule has 1 unspecified atom stereocenters. The highest BCUT2D eigenvalue weighted by atomic mass is 79.9. The minimum Gasteiger partial charge on any atom is -0.497 e. The standard InChI is InChI=1S/C14H12BrNO3/c1-14(17)10-6-9(18-2)3-4-12(10)19-13-11(14)5-8(15)7-16-13/h3-7,17H,1-2H3. The Balaban J connectivity index is 2.22. The molecule has 19 heavy (non-hydrogen) atoms. The highest BCUT2D eigenvalue weighted by Crippen LogP contribution is 2.47. The quantitative estimate of drug-likeness (QED) is 0.876. The predicted octanol–water partition coefficient (Wildman–Crippen LogP) is 3.21. The lowest BCUT2D eigenvalue weighted by molar-refractivity contribution is 0.0884. The van der Waals surface area contributed by atoms with Crippen molar-refractivity contribution in [3.05, 3.63) is 46.1 Å². The van der Waals surface area contributed by atoms with Crippen molar-refractivity contribution in [3.63, 3.8) is 0 Å². The van der Waals surface area contributed by atoms with E-state index >= 15 is 0 Å². The van der Waals surface area contributed by atoms with Crippen LogP contribution in [0.3, 0.4) is 0 Å². The lowest BCUT2D eigenvalue weighted by atomic mass is 9.86. The maximum Gasteiger partial charge on any atom is 0.225 e. The average Bonchev–Trinajstić information content (AvgIpc) is 2.40. The van der Waals surface area contributed by atoms with Gasteiger partial charge >= 0.3 is 0 Å². The second-order valence-corrected chi connectivity index (χ2v) is 5.46. The SMILES string of the molecule is COc1ccc2c(c1)C(C)(O)c1cc(Br)cnc1O2. The Hall–Kier alpha value is -1.59. The fourth-order valence-corrected chi connectivity index (χ4v) is 2.54. The number of aromatic nitrogens is 1. The molecule has 0 aliphatic carbocycles. The molecule has 0 saturated carbocycles. The third-order valence-electron chi connectivity index (χ3n) is 3.26. The summed E-state index contributed by atoms with van der Waals surface area (Å²) in [4.78, 5) is 4.20. The van der Waals surface area contributed by atoms with Gasteiger partial charge in [-0.1, -0.05) is 0 Å². The third-order valence-corrected chi connectivity index (χ3v) is 3.69. The van der Waals surface area contributed by atoms with Crippen LogP contribution in [-0.2, 0) is 5.60 Å². The van der Waals surface area contributed by atoms with E-state index in [0.29, 0.717) is 28.5 Å². The first-order valence-electron chi connectivity index (χ1n) is 5.77. The minimum absolute atomic E-state index is 0.422. The van der Waals surface area contributed by atoms with Gasteiger partial charge in [-0.15, -0.1) is 0 Å². The van der Waals surface area contributed by atoms with E-state index in [1.165, 1.54) is 0 Å². The third kappa shape index (κ3) is 1.89. The van der Waals surface area contributed by atoms with Crippen molar-refractivity contribution in [1.29, 1.82) is 0 Å². The fraction of sp³-hybridized carbons (Fsp3) is 0.214. The van der Waals surface area contributed by atoms with Gasteiger partial charge in [-0.05, 0) is 47.1 Å². The van der Waals surface area contributed by atoms with Crippen LogP contribution in [0.15, 0.2) is 34.9 Å². The first kappa shape index (κ1) is 12.4. The lowest BCUT2D eigenvalue weighted by Crippen LogP contribution is -2.28. The van der Waals surface area contributed by atoms with Gasteiger partial charge in [0.05, 0.1) is 12.7 Å². The van der Waals surface area contributed by atoms with Gasteiger partial charge in [0, 0.05) is 16.2 Å². The highest BCUT2D eigenvalue weighted by Gasteiger charge is 2.37. The first-order chi connectivity index (χ1) is 9.02. The molecule has 4 nitrogen and oxygen atoms in total. The minimum atomic E-state index is -1.17. The van der Waals surface area contributed by atoms with E-state index in [2.05, 4.69) is 20.9 Å². The number of hydrogen-bond acceptors (Lipinski definition) is 4. The number of halogens is 1. The van der Waals surface area contributed by atoms with Crippen LogP contribution in [0.5, 0.6) is 17.4 Å². The van der Waals surface area contributed by atoms with E-state index in [-0.39, 0.29) is 0 Å². The van der Waals surface area contributed by atoms with E-state index in [1.807, 2.05) is 6.07 Å². The number of nitrogens with zero attached hydrogens (tertiary/aromatic N) is 1. The number of hydrogen-bond donors (Lipinski definition) is 1. The Bertz CT molecular complexity index is 655. The summed E-state index contributed by atoms with van der Waals surface area (Å²) in [7, 11) is 1.59. The van der Waals surface area contributed by atoms with Gasteiger partial charge in [0.25, 0.3) is 0 Å². The molecule has 0 spiro atoms. The molecule has 2 aromatic rings. The fourth-order valence-electron chi connectivity index (χ4n) is 2.21. The molecule has 0 amide bonds. The first-order valence-corrected chi connectivity index (χ1v) is 6.56. The Kier molecular flexibility index (Phi) is 2.76. The summed E-state index contributed by atoms with van der Waals surface area (Å²) in [5.74, 6) is 1.69. The summed E-state index contributed by atoms with van der Waals surface area (Å²) in [5, 5.41) is 10.8. The molecule has 1 aromatic carbocycles. The monoisotopic (exact) mass is 321 g/mol. The van der Waals surface area contributed by atoms with Crippen LogP contribution < -0.4 is 9.47 Å². The van der Waals surface area contributed by atoms with Crippen molar-refractivity contribution in [1.82, 2.24) is 4.98 Å². The smallest absolute Gasteiger partial charge is 0.225 e. The van der Waals surface area contributed by atoms with Gasteiger partial charge in [0.2, 0.25) is 5.88 Å². The number of pyridine rings is 1. The van der Waals surface area contributed by atoms with Crippen molar-refractivity contribution in [2.75, 3.05) is 7.11 Å². The average molecular weight is 322 g/mol.